The molecule has 1 fully saturated rings. The molecule has 1 saturated heterocycles. The van der Waals surface area contributed by atoms with Gasteiger partial charge in [0.2, 0.25) is 5.79 Å². The maximum atomic E-state index is 10.5. The molecule has 0 saturated carbocycles. The van der Waals surface area contributed by atoms with Crippen molar-refractivity contribution in [1.82, 2.24) is 0 Å². The fourth-order valence-corrected chi connectivity index (χ4v) is 2.17. The molecule has 1 rings (SSSR count). The minimum Gasteiger partial charge on any atom is -0.387 e. The molecule has 0 aromatic heterocycles. The average molecular weight is 409 g/mol. The largest absolute Gasteiger partial charge is 1.00 e. The van der Waals surface area contributed by atoms with Crippen molar-refractivity contribution in [2.75, 3.05) is 13.2 Å². The van der Waals surface area contributed by atoms with E-state index in [4.69, 9.17) is 19.6 Å². The van der Waals surface area contributed by atoms with Gasteiger partial charge in [0, 0.05) is 0 Å². The van der Waals surface area contributed by atoms with Crippen molar-refractivity contribution in [2.24, 2.45) is 0 Å². The van der Waals surface area contributed by atoms with Crippen LogP contribution in [0.1, 0.15) is 0 Å². The van der Waals surface area contributed by atoms with Crippen LogP contribution in [0.2, 0.25) is 0 Å². The zero-order chi connectivity index (χ0) is 15.8. The van der Waals surface area contributed by atoms with Crippen LogP contribution in [0.3, 0.4) is 0 Å². The molecule has 0 bridgehead atoms. The molecule has 0 aromatic rings. The monoisotopic (exact) mass is 409 g/mol. The topological polar surface area (TPSA) is 203 Å². The Labute approximate surface area is 197 Å². The van der Waals surface area contributed by atoms with Crippen LogP contribution in [0.5, 0.6) is 0 Å². The van der Waals surface area contributed by atoms with Crippen LogP contribution < -0.4 is 88.7 Å². The average Bonchev–Trinajstić information content (AvgIpc) is 2.48. The molecule has 1 aliphatic rings. The number of rotatable bonds is 6. The van der Waals surface area contributed by atoms with Gasteiger partial charge < -0.3 is 39.6 Å². The number of hydrogen-bond acceptors (Lipinski definition) is 8. The summed E-state index contributed by atoms with van der Waals surface area (Å²) in [7, 11) is -9.82. The maximum Gasteiger partial charge on any atom is 1.00 e. The Morgan fingerprint density at radius 1 is 0.957 bits per heavy atom. The molecule has 7 N–H and O–H groups in total. The first-order valence-electron chi connectivity index (χ1n) is 5.00. The minimum atomic E-state index is -4.96. The van der Waals surface area contributed by atoms with Crippen LogP contribution in [0.25, 0.3) is 0 Å². The summed E-state index contributed by atoms with van der Waals surface area (Å²) in [5, 5.41) is 28.8. The molecule has 1 aliphatic heterocycles. The third kappa shape index (κ3) is 10.8. The van der Waals surface area contributed by atoms with Gasteiger partial charge in [0.15, 0.2) is 0 Å². The SMILES string of the molecule is O=P(O)(O)OC[C@H]1O[C@](O)(COP(=O)(O)O)[C@H](O)[C@@H]1O.[Na+].[Na+].[Na+]. The van der Waals surface area contributed by atoms with E-state index in [1.807, 2.05) is 0 Å². The van der Waals surface area contributed by atoms with Gasteiger partial charge in [-0.25, -0.2) is 9.13 Å². The van der Waals surface area contributed by atoms with Crippen molar-refractivity contribution in [2.45, 2.75) is 24.1 Å². The summed E-state index contributed by atoms with van der Waals surface area (Å²) in [5.41, 5.74) is 0. The van der Waals surface area contributed by atoms with Crippen LogP contribution in [0.15, 0.2) is 0 Å². The fraction of sp³-hybridized carbons (Fsp3) is 1.00. The molecule has 12 nitrogen and oxygen atoms in total. The minimum absolute atomic E-state index is 0. The van der Waals surface area contributed by atoms with Gasteiger partial charge in [-0.1, -0.05) is 0 Å². The van der Waals surface area contributed by atoms with E-state index >= 15 is 0 Å². The summed E-state index contributed by atoms with van der Waals surface area (Å²) in [6, 6.07) is 0. The van der Waals surface area contributed by atoms with Crippen molar-refractivity contribution in [3.63, 3.8) is 0 Å². The fourth-order valence-electron chi connectivity index (χ4n) is 1.47. The van der Waals surface area contributed by atoms with Gasteiger partial charge in [-0.05, 0) is 0 Å². The summed E-state index contributed by atoms with van der Waals surface area (Å²) >= 11 is 0. The Morgan fingerprint density at radius 3 is 1.78 bits per heavy atom. The van der Waals surface area contributed by atoms with Crippen LogP contribution in [0, 0.1) is 0 Å². The van der Waals surface area contributed by atoms with E-state index in [0.717, 1.165) is 0 Å². The van der Waals surface area contributed by atoms with Gasteiger partial charge in [0.1, 0.15) is 24.9 Å². The Balaban J connectivity index is -0.00000133. The van der Waals surface area contributed by atoms with Crippen LogP contribution in [0.4, 0.5) is 0 Å². The van der Waals surface area contributed by atoms with Gasteiger partial charge in [-0.2, -0.15) is 0 Å². The number of phosphoric ester groups is 2. The van der Waals surface area contributed by atoms with Gasteiger partial charge in [0.25, 0.3) is 0 Å². The maximum absolute atomic E-state index is 10.5. The van der Waals surface area contributed by atoms with Crippen molar-refractivity contribution >= 4 is 15.6 Å². The third-order valence-corrected chi connectivity index (χ3v) is 3.32. The summed E-state index contributed by atoms with van der Waals surface area (Å²) in [5.74, 6) is -2.66. The first kappa shape index (κ1) is 30.8. The normalized spacial score (nSPS) is 30.8. The van der Waals surface area contributed by atoms with E-state index in [9.17, 15) is 24.4 Å². The van der Waals surface area contributed by atoms with E-state index in [1.165, 1.54) is 0 Å². The molecule has 4 atom stereocenters. The summed E-state index contributed by atoms with van der Waals surface area (Å²) in [6.07, 6.45) is -5.38. The van der Waals surface area contributed by atoms with E-state index in [0.29, 0.717) is 0 Å². The third-order valence-electron chi connectivity index (χ3n) is 2.37. The van der Waals surface area contributed by atoms with Gasteiger partial charge in [0.05, 0.1) is 6.61 Å². The smallest absolute Gasteiger partial charge is 0.387 e. The molecule has 0 aromatic carbocycles. The molecule has 0 unspecified atom stereocenters. The predicted octanol–water partition coefficient (Wildman–Crippen LogP) is -12.0. The molecular weight excluding hydrogens is 395 g/mol. The zero-order valence-corrected chi connectivity index (χ0v) is 20.5. The molecule has 0 radical (unpaired) electrons. The summed E-state index contributed by atoms with van der Waals surface area (Å²) in [4.78, 5) is 33.9. The van der Waals surface area contributed by atoms with Crippen molar-refractivity contribution in [3.8, 4) is 0 Å². The Bertz CT molecular complexity index is 441. The van der Waals surface area contributed by atoms with E-state index < -0.39 is 53.0 Å². The van der Waals surface area contributed by atoms with E-state index in [-0.39, 0.29) is 88.7 Å². The van der Waals surface area contributed by atoms with Crippen molar-refractivity contribution < 1.29 is 146 Å². The Morgan fingerprint density at radius 2 is 1.39 bits per heavy atom. The first-order valence-corrected chi connectivity index (χ1v) is 8.07. The first-order chi connectivity index (χ1) is 8.84. The second-order valence-corrected chi connectivity index (χ2v) is 6.47. The molecule has 120 valence electrons. The molecular formula is C6H14Na3O12P2+3. The Hall–Kier alpha value is 3.06. The van der Waals surface area contributed by atoms with E-state index in [1.54, 1.807) is 0 Å². The van der Waals surface area contributed by atoms with Crippen LogP contribution in [-0.2, 0) is 22.9 Å². The summed E-state index contributed by atoms with van der Waals surface area (Å²) < 4.78 is 33.6. The van der Waals surface area contributed by atoms with E-state index in [2.05, 4.69) is 13.8 Å². The molecule has 1 heterocycles. The standard InChI is InChI=1S/C6H14O12P2.3Na/c7-4-3(1-16-19(10,11)12)18-6(9,5(4)8)2-17-20(13,14)15;;;/h3-5,7-9H,1-2H2,(H2,10,11,12)(H2,13,14,15);;;/q;3*+1/t3-,4-,5-,6-;;;/m1.../s1. The molecule has 17 heteroatoms. The van der Waals surface area contributed by atoms with Crippen LogP contribution >= 0.6 is 15.6 Å². The number of aliphatic hydroxyl groups is 3. The molecule has 23 heavy (non-hydrogen) atoms. The summed E-state index contributed by atoms with van der Waals surface area (Å²) in [6.45, 7) is -2.05. The Kier molecular flexibility index (Phi) is 15.8. The van der Waals surface area contributed by atoms with Gasteiger partial charge in [-0.3, -0.25) is 9.05 Å². The number of hydrogen-bond donors (Lipinski definition) is 7. The van der Waals surface area contributed by atoms with Gasteiger partial charge >= 0.3 is 104 Å². The molecule has 0 spiro atoms. The molecule has 0 aliphatic carbocycles. The zero-order valence-electron chi connectivity index (χ0n) is 12.7. The number of ether oxygens (including phenoxy) is 1. The quantitative estimate of drug-likeness (QED) is 0.161. The number of phosphoric acid groups is 2. The number of aliphatic hydroxyl groups excluding tert-OH is 2. The predicted molar refractivity (Wildman–Crippen MR) is 57.8 cm³/mol. The van der Waals surface area contributed by atoms with Crippen molar-refractivity contribution in [3.05, 3.63) is 0 Å². The second-order valence-electron chi connectivity index (χ2n) is 3.99. The molecule has 0 amide bonds. The van der Waals surface area contributed by atoms with Gasteiger partial charge in [-0.15, -0.1) is 0 Å². The van der Waals surface area contributed by atoms with Crippen LogP contribution in [-0.4, -0.2) is 72.2 Å². The second kappa shape index (κ2) is 11.8. The van der Waals surface area contributed by atoms with Crippen molar-refractivity contribution in [1.29, 1.82) is 0 Å².